The molecule has 11 rings (SSSR count). The molecule has 0 saturated carbocycles. The molecule has 0 N–H and O–H groups in total. The number of rotatable bonds is 3. The first kappa shape index (κ1) is 39.8. The van der Waals surface area contributed by atoms with Gasteiger partial charge in [0, 0.05) is 34.0 Å². The van der Waals surface area contributed by atoms with Crippen LogP contribution < -0.4 is 26.2 Å². The standard InChI is InChI=1S/C65H77BN2/c1-40-32-56-58-57(33-40)68(53-25-22-42(59(2,3)4)34-44(53)41-20-18-17-19-21-41)55-39-50-48(63(11,12)29-31-65(50,15)16)37-52(55)66(58)51-36-47-49(64(13,14)30-28-62(47,9)10)38-54(51)67(56)43-23-24-45-46(35-43)61(7,8)27-26-60(45,5)6/h17-25,32-39H,26-31H2,1-16H3/i17D,18D,19D,20D,21D. The second kappa shape index (κ2) is 14.5. The fraction of sp³-hybridized carbons (Fsp3) is 0.446. The van der Waals surface area contributed by atoms with Crippen LogP contribution in [0.15, 0.2) is 103 Å². The van der Waals surface area contributed by atoms with Crippen LogP contribution in [0.25, 0.3) is 11.1 Å². The molecular weight excluding hydrogens is 820 g/mol. The normalized spacial score (nSPS) is 21.6. The van der Waals surface area contributed by atoms with E-state index in [0.29, 0.717) is 5.56 Å². The number of hydrogen-bond donors (Lipinski definition) is 0. The first-order valence-corrected chi connectivity index (χ1v) is 25.8. The Morgan fingerprint density at radius 1 is 0.456 bits per heavy atom. The van der Waals surface area contributed by atoms with E-state index in [1.165, 1.54) is 61.1 Å². The van der Waals surface area contributed by atoms with Crippen molar-refractivity contribution in [3.8, 4) is 11.1 Å². The van der Waals surface area contributed by atoms with Crippen molar-refractivity contribution in [3.63, 3.8) is 0 Å². The largest absolute Gasteiger partial charge is 0.311 e. The minimum Gasteiger partial charge on any atom is -0.311 e. The van der Waals surface area contributed by atoms with Gasteiger partial charge in [-0.15, -0.1) is 0 Å². The van der Waals surface area contributed by atoms with Crippen molar-refractivity contribution in [2.45, 2.75) is 187 Å². The monoisotopic (exact) mass is 902 g/mol. The number of anilines is 6. The summed E-state index contributed by atoms with van der Waals surface area (Å²) >= 11 is 0. The molecule has 2 nitrogen and oxygen atoms in total. The molecule has 0 bridgehead atoms. The Morgan fingerprint density at radius 3 is 1.40 bits per heavy atom. The van der Waals surface area contributed by atoms with E-state index in [-0.39, 0.29) is 80.4 Å². The Hall–Kier alpha value is -5.02. The zero-order chi connectivity index (χ0) is 52.8. The average Bonchev–Trinajstić information content (AvgIpc) is 3.31. The summed E-state index contributed by atoms with van der Waals surface area (Å²) in [7, 11) is 0. The second-order valence-electron chi connectivity index (χ2n) is 26.7. The molecule has 3 aliphatic carbocycles. The van der Waals surface area contributed by atoms with Crippen LogP contribution in [-0.4, -0.2) is 6.71 Å². The van der Waals surface area contributed by atoms with Gasteiger partial charge in [0.15, 0.2) is 0 Å². The van der Waals surface area contributed by atoms with Gasteiger partial charge in [0.05, 0.1) is 12.5 Å². The van der Waals surface area contributed by atoms with Gasteiger partial charge >= 0.3 is 0 Å². The molecule has 2 aliphatic heterocycles. The molecule has 0 amide bonds. The molecule has 68 heavy (non-hydrogen) atoms. The van der Waals surface area contributed by atoms with Gasteiger partial charge in [-0.2, -0.15) is 0 Å². The summed E-state index contributed by atoms with van der Waals surface area (Å²) in [5.41, 5.74) is 21.4. The van der Waals surface area contributed by atoms with Gasteiger partial charge in [0.1, 0.15) is 0 Å². The van der Waals surface area contributed by atoms with E-state index in [1.54, 1.807) is 0 Å². The molecule has 0 aromatic heterocycles. The molecule has 0 saturated heterocycles. The summed E-state index contributed by atoms with van der Waals surface area (Å²) in [4.78, 5) is 5.05. The third-order valence-corrected chi connectivity index (χ3v) is 18.1. The van der Waals surface area contributed by atoms with Crippen molar-refractivity contribution in [1.29, 1.82) is 0 Å². The lowest BCUT2D eigenvalue weighted by atomic mass is 9.32. The minimum absolute atomic E-state index is 0.00431. The van der Waals surface area contributed by atoms with Gasteiger partial charge in [0.25, 0.3) is 6.71 Å². The van der Waals surface area contributed by atoms with Gasteiger partial charge in [-0.1, -0.05) is 158 Å². The average molecular weight is 902 g/mol. The van der Waals surface area contributed by atoms with Crippen LogP contribution in [-0.2, 0) is 37.9 Å². The Kier molecular flexibility index (Phi) is 8.50. The van der Waals surface area contributed by atoms with E-state index in [9.17, 15) is 2.74 Å². The fourth-order valence-corrected chi connectivity index (χ4v) is 13.3. The predicted molar refractivity (Wildman–Crippen MR) is 295 cm³/mol. The molecule has 6 aromatic rings. The van der Waals surface area contributed by atoms with E-state index in [4.69, 9.17) is 4.11 Å². The molecule has 6 aromatic carbocycles. The maximum atomic E-state index is 9.52. The van der Waals surface area contributed by atoms with Crippen molar-refractivity contribution in [1.82, 2.24) is 0 Å². The van der Waals surface area contributed by atoms with Crippen molar-refractivity contribution in [2.24, 2.45) is 0 Å². The smallest absolute Gasteiger partial charge is 0.252 e. The third kappa shape index (κ3) is 6.77. The van der Waals surface area contributed by atoms with Gasteiger partial charge in [-0.3, -0.25) is 0 Å². The van der Waals surface area contributed by atoms with Crippen molar-refractivity contribution in [2.75, 3.05) is 9.80 Å². The quantitative estimate of drug-likeness (QED) is 0.163. The highest BCUT2D eigenvalue weighted by Crippen LogP contribution is 2.55. The molecule has 0 fully saturated rings. The summed E-state index contributed by atoms with van der Waals surface area (Å²) in [6.07, 6.45) is 6.66. The molecule has 3 heteroatoms. The summed E-state index contributed by atoms with van der Waals surface area (Å²) in [6.45, 7) is 37.8. The van der Waals surface area contributed by atoms with Crippen LogP contribution in [0.4, 0.5) is 34.1 Å². The van der Waals surface area contributed by atoms with Crippen LogP contribution in [0.2, 0.25) is 0 Å². The van der Waals surface area contributed by atoms with E-state index in [0.717, 1.165) is 72.4 Å². The minimum atomic E-state index is -0.385. The maximum absolute atomic E-state index is 9.52. The number of aryl methyl sites for hydroxylation is 1. The van der Waals surface area contributed by atoms with Crippen LogP contribution in [0.1, 0.15) is 194 Å². The number of benzene rings is 6. The van der Waals surface area contributed by atoms with Crippen molar-refractivity contribution >= 4 is 57.2 Å². The molecule has 350 valence electrons. The number of hydrogen-bond acceptors (Lipinski definition) is 2. The first-order valence-electron chi connectivity index (χ1n) is 28.3. The molecule has 0 radical (unpaired) electrons. The van der Waals surface area contributed by atoms with Gasteiger partial charge in [-0.25, -0.2) is 0 Å². The summed E-state index contributed by atoms with van der Waals surface area (Å²) < 4.78 is 45.7. The SMILES string of the molecule is [2H]c1c([2H])c([2H])c(-c2cc(C(C)(C)C)ccc2N2c3cc4c(cc3B3c5cc6c(cc5N(c5ccc7c(c5)C(C)(C)CCC7(C)C)c5cc(C)cc2c53)C(C)(C)CCC6(C)C)C(C)(C)CCC4(C)C)c([2H])c1[2H]. The van der Waals surface area contributed by atoms with E-state index < -0.39 is 0 Å². The lowest BCUT2D eigenvalue weighted by Gasteiger charge is -2.49. The molecule has 5 aliphatic rings. The summed E-state index contributed by atoms with van der Waals surface area (Å²) in [5, 5.41) is 0. The zero-order valence-electron chi connectivity index (χ0n) is 49.1. The van der Waals surface area contributed by atoms with Crippen LogP contribution in [0.5, 0.6) is 0 Å². The Morgan fingerprint density at radius 2 is 0.897 bits per heavy atom. The Balaban J connectivity index is 1.31. The van der Waals surface area contributed by atoms with Crippen LogP contribution in [0, 0.1) is 6.92 Å². The molecule has 2 heterocycles. The second-order valence-corrected chi connectivity index (χ2v) is 26.7. The van der Waals surface area contributed by atoms with Crippen molar-refractivity contribution < 1.29 is 6.85 Å². The Bertz CT molecular complexity index is 3350. The van der Waals surface area contributed by atoms with Gasteiger partial charge < -0.3 is 9.80 Å². The van der Waals surface area contributed by atoms with E-state index in [2.05, 4.69) is 193 Å². The highest BCUT2D eigenvalue weighted by Gasteiger charge is 2.49. The van der Waals surface area contributed by atoms with E-state index in [1.807, 2.05) is 0 Å². The Labute approximate surface area is 418 Å². The lowest BCUT2D eigenvalue weighted by molar-refractivity contribution is 0.332. The fourth-order valence-electron chi connectivity index (χ4n) is 13.3. The molecule has 0 spiro atoms. The topological polar surface area (TPSA) is 6.48 Å². The predicted octanol–water partition coefficient (Wildman–Crippen LogP) is 16.1. The van der Waals surface area contributed by atoms with Gasteiger partial charge in [0.2, 0.25) is 0 Å². The summed E-state index contributed by atoms with van der Waals surface area (Å²) in [5.74, 6) is 0. The molecule has 0 atom stereocenters. The molecule has 0 unspecified atom stereocenters. The van der Waals surface area contributed by atoms with Crippen molar-refractivity contribution in [3.05, 3.63) is 148 Å². The van der Waals surface area contributed by atoms with Crippen LogP contribution in [0.3, 0.4) is 0 Å². The zero-order valence-corrected chi connectivity index (χ0v) is 44.1. The summed E-state index contributed by atoms with van der Waals surface area (Å²) in [6, 6.07) is 27.5. The molecular formula is C65H77BN2. The van der Waals surface area contributed by atoms with Crippen LogP contribution >= 0.6 is 0 Å². The number of fused-ring (bicyclic) bond motifs is 7. The highest BCUT2D eigenvalue weighted by atomic mass is 15.2. The lowest BCUT2D eigenvalue weighted by Crippen LogP contribution is -2.62. The van der Waals surface area contributed by atoms with E-state index >= 15 is 0 Å². The highest BCUT2D eigenvalue weighted by molar-refractivity contribution is 7.00. The maximum Gasteiger partial charge on any atom is 0.252 e. The van der Waals surface area contributed by atoms with Gasteiger partial charge in [-0.05, 0) is 198 Å². The third-order valence-electron chi connectivity index (χ3n) is 18.1. The number of nitrogens with zero attached hydrogens (tertiary/aromatic N) is 2. The first-order chi connectivity index (χ1) is 33.8.